The smallest absolute Gasteiger partial charge is 0.305 e. The third kappa shape index (κ3) is 7.95. The number of aromatic nitrogens is 1. The van der Waals surface area contributed by atoms with E-state index in [2.05, 4.69) is 21.7 Å². The first kappa shape index (κ1) is 27.0. The van der Waals surface area contributed by atoms with Crippen LogP contribution >= 0.6 is 47.1 Å². The Morgan fingerprint density at radius 2 is 1.91 bits per heavy atom. The van der Waals surface area contributed by atoms with Gasteiger partial charge in [0.2, 0.25) is 0 Å². The molecular formula is C22H29Cl2N3O3S2. The van der Waals surface area contributed by atoms with Crippen LogP contribution in [0.4, 0.5) is 0 Å². The van der Waals surface area contributed by atoms with Gasteiger partial charge in [-0.1, -0.05) is 47.2 Å². The number of aliphatic hydroxyl groups is 1. The van der Waals surface area contributed by atoms with Gasteiger partial charge in [-0.05, 0) is 49.4 Å². The van der Waals surface area contributed by atoms with Crippen molar-refractivity contribution in [2.75, 3.05) is 37.7 Å². The van der Waals surface area contributed by atoms with E-state index < -0.39 is 6.10 Å². The summed E-state index contributed by atoms with van der Waals surface area (Å²) in [5.41, 5.74) is 2.22. The van der Waals surface area contributed by atoms with Gasteiger partial charge in [0, 0.05) is 29.4 Å². The molecule has 3 rings (SSSR count). The fraction of sp³-hybridized carbons (Fsp3) is 0.409. The summed E-state index contributed by atoms with van der Waals surface area (Å²) in [4.78, 5) is 13.9. The Morgan fingerprint density at radius 1 is 1.09 bits per heavy atom. The lowest BCUT2D eigenvalue weighted by molar-refractivity contribution is 0.177. The number of benzene rings is 2. The summed E-state index contributed by atoms with van der Waals surface area (Å²) in [5, 5.41) is 27.9. The van der Waals surface area contributed by atoms with E-state index in [1.807, 2.05) is 30.0 Å². The minimum atomic E-state index is -0.734. The largest absolute Gasteiger partial charge is 0.506 e. The molecule has 1 atom stereocenters. The Kier molecular flexibility index (Phi) is 11.9. The summed E-state index contributed by atoms with van der Waals surface area (Å²) in [6.07, 6.45) is 1.31. The molecule has 0 aliphatic carbocycles. The summed E-state index contributed by atoms with van der Waals surface area (Å²) >= 11 is 9.04. The lowest BCUT2D eigenvalue weighted by Crippen LogP contribution is -2.24. The van der Waals surface area contributed by atoms with Crippen molar-refractivity contribution in [3.63, 3.8) is 0 Å². The van der Waals surface area contributed by atoms with Gasteiger partial charge in [-0.25, -0.2) is 0 Å². The zero-order valence-electron chi connectivity index (χ0n) is 17.6. The molecule has 5 N–H and O–H groups in total. The van der Waals surface area contributed by atoms with E-state index in [-0.39, 0.29) is 23.0 Å². The van der Waals surface area contributed by atoms with E-state index in [0.717, 1.165) is 60.3 Å². The molecule has 1 heterocycles. The van der Waals surface area contributed by atoms with Crippen LogP contribution in [0, 0.1) is 0 Å². The standard InChI is InChI=1S/C22H28ClN3O3S2.ClH/c23-17-5-2-1-4-15(17)8-10-24-9-3-12-30-13-11-25-14-19(28)16-6-7-18(27)20-21(16)31-22(29)26-20;/h1-2,4-7,19,24-25,27-28H,3,8-14H2,(H,26,29);1H/t19-;/m0./s1. The average Bonchev–Trinajstić information content (AvgIpc) is 3.15. The number of hydrogen-bond acceptors (Lipinski definition) is 7. The molecule has 0 bridgehead atoms. The van der Waals surface area contributed by atoms with Crippen LogP contribution in [0.5, 0.6) is 5.75 Å². The lowest BCUT2D eigenvalue weighted by atomic mass is 10.1. The zero-order valence-corrected chi connectivity index (χ0v) is 20.8. The highest BCUT2D eigenvalue weighted by atomic mass is 35.5. The van der Waals surface area contributed by atoms with Gasteiger partial charge < -0.3 is 25.8 Å². The topological polar surface area (TPSA) is 97.4 Å². The van der Waals surface area contributed by atoms with Crippen LogP contribution in [-0.2, 0) is 6.42 Å². The maximum Gasteiger partial charge on any atom is 0.305 e. The van der Waals surface area contributed by atoms with Crippen LogP contribution in [0.3, 0.4) is 0 Å². The van der Waals surface area contributed by atoms with Crippen molar-refractivity contribution in [1.82, 2.24) is 15.6 Å². The molecule has 176 valence electrons. The molecule has 0 saturated carbocycles. The number of thiazole rings is 1. The van der Waals surface area contributed by atoms with Crippen molar-refractivity contribution < 1.29 is 10.2 Å². The van der Waals surface area contributed by atoms with Gasteiger partial charge >= 0.3 is 4.87 Å². The highest BCUT2D eigenvalue weighted by molar-refractivity contribution is 7.99. The van der Waals surface area contributed by atoms with Crippen LogP contribution in [0.1, 0.15) is 23.7 Å². The fourth-order valence-corrected chi connectivity index (χ4v) is 5.23. The maximum atomic E-state index is 11.6. The van der Waals surface area contributed by atoms with Crippen molar-refractivity contribution in [1.29, 1.82) is 0 Å². The number of halogens is 2. The molecular weight excluding hydrogens is 489 g/mol. The molecule has 1 aromatic heterocycles. The highest BCUT2D eigenvalue weighted by Gasteiger charge is 2.15. The molecule has 10 heteroatoms. The van der Waals surface area contributed by atoms with Crippen LogP contribution < -0.4 is 15.5 Å². The summed E-state index contributed by atoms with van der Waals surface area (Å²) in [6.45, 7) is 3.11. The number of thioether (sulfide) groups is 1. The molecule has 0 aliphatic heterocycles. The molecule has 0 radical (unpaired) electrons. The summed E-state index contributed by atoms with van der Waals surface area (Å²) in [5.74, 6) is 2.07. The normalized spacial score (nSPS) is 12.1. The van der Waals surface area contributed by atoms with Gasteiger partial charge in [0.15, 0.2) is 0 Å². The van der Waals surface area contributed by atoms with Gasteiger partial charge in [-0.3, -0.25) is 4.79 Å². The molecule has 0 saturated heterocycles. The van der Waals surface area contributed by atoms with Gasteiger partial charge in [-0.15, -0.1) is 12.4 Å². The van der Waals surface area contributed by atoms with Gasteiger partial charge in [0.1, 0.15) is 11.3 Å². The van der Waals surface area contributed by atoms with E-state index in [1.165, 1.54) is 11.6 Å². The molecule has 32 heavy (non-hydrogen) atoms. The third-order valence-electron chi connectivity index (χ3n) is 4.88. The first-order valence-electron chi connectivity index (χ1n) is 10.3. The molecule has 6 nitrogen and oxygen atoms in total. The van der Waals surface area contributed by atoms with Crippen molar-refractivity contribution >= 4 is 57.3 Å². The van der Waals surface area contributed by atoms with Crippen LogP contribution in [0.2, 0.25) is 5.02 Å². The number of hydrogen-bond donors (Lipinski definition) is 5. The molecule has 0 spiro atoms. The second-order valence-corrected chi connectivity index (χ2v) is 9.78. The van der Waals surface area contributed by atoms with E-state index >= 15 is 0 Å². The van der Waals surface area contributed by atoms with E-state index in [0.29, 0.717) is 22.3 Å². The predicted octanol–water partition coefficient (Wildman–Crippen LogP) is 3.95. The van der Waals surface area contributed by atoms with E-state index in [4.69, 9.17) is 11.6 Å². The number of aromatic amines is 1. The number of fused-ring (bicyclic) bond motifs is 1. The van der Waals surface area contributed by atoms with Crippen molar-refractivity contribution in [2.24, 2.45) is 0 Å². The SMILES string of the molecule is Cl.O=c1[nH]c2c(O)ccc([C@@H](O)CNCCSCCCNCCc3ccccc3Cl)c2s1. The predicted molar refractivity (Wildman–Crippen MR) is 139 cm³/mol. The zero-order chi connectivity index (χ0) is 22.1. The van der Waals surface area contributed by atoms with Gasteiger partial charge in [0.25, 0.3) is 0 Å². The molecule has 3 aromatic rings. The van der Waals surface area contributed by atoms with Gasteiger partial charge in [0.05, 0.1) is 10.8 Å². The number of aromatic hydroxyl groups is 1. The number of aliphatic hydroxyl groups excluding tert-OH is 1. The van der Waals surface area contributed by atoms with Crippen LogP contribution in [0.15, 0.2) is 41.2 Å². The number of phenolic OH excluding ortho intramolecular Hbond substituents is 1. The summed E-state index contributed by atoms with van der Waals surface area (Å²) in [7, 11) is 0. The second-order valence-electron chi connectivity index (χ2n) is 7.17. The molecule has 0 amide bonds. The molecule has 0 aliphatic rings. The van der Waals surface area contributed by atoms with Crippen LogP contribution in [0.25, 0.3) is 10.2 Å². The Balaban J connectivity index is 0.00000363. The lowest BCUT2D eigenvalue weighted by Gasteiger charge is -2.13. The second kappa shape index (κ2) is 14.1. The Morgan fingerprint density at radius 3 is 2.72 bits per heavy atom. The molecule has 2 aromatic carbocycles. The average molecular weight is 519 g/mol. The fourth-order valence-electron chi connectivity index (χ4n) is 3.25. The molecule has 0 fully saturated rings. The summed E-state index contributed by atoms with van der Waals surface area (Å²) < 4.78 is 0.607. The van der Waals surface area contributed by atoms with Crippen molar-refractivity contribution in [2.45, 2.75) is 18.9 Å². The monoisotopic (exact) mass is 517 g/mol. The van der Waals surface area contributed by atoms with E-state index in [9.17, 15) is 15.0 Å². The Bertz CT molecular complexity index is 1030. The minimum Gasteiger partial charge on any atom is -0.506 e. The van der Waals surface area contributed by atoms with Crippen molar-refractivity contribution in [3.05, 3.63) is 62.2 Å². The number of H-pyrrole nitrogens is 1. The van der Waals surface area contributed by atoms with Crippen molar-refractivity contribution in [3.8, 4) is 5.75 Å². The third-order valence-corrected chi connectivity index (χ3v) is 7.25. The highest BCUT2D eigenvalue weighted by Crippen LogP contribution is 2.31. The molecule has 0 unspecified atom stereocenters. The number of phenols is 1. The van der Waals surface area contributed by atoms with Crippen LogP contribution in [-0.4, -0.2) is 52.9 Å². The Hall–Kier alpha value is -1.26. The Labute approximate surface area is 207 Å². The first-order valence-corrected chi connectivity index (χ1v) is 12.7. The first-order chi connectivity index (χ1) is 15.1. The van der Waals surface area contributed by atoms with E-state index in [1.54, 1.807) is 6.07 Å². The summed E-state index contributed by atoms with van der Waals surface area (Å²) in [6, 6.07) is 11.1. The number of nitrogens with one attached hydrogen (secondary N) is 3. The minimum absolute atomic E-state index is 0. The maximum absolute atomic E-state index is 11.6. The number of rotatable bonds is 13. The van der Waals surface area contributed by atoms with Gasteiger partial charge in [-0.2, -0.15) is 11.8 Å². The quantitative estimate of drug-likeness (QED) is 0.220.